The molecule has 6 nitrogen and oxygen atoms in total. The Hall–Kier alpha value is -1.34. The van der Waals surface area contributed by atoms with Crippen LogP contribution in [0.1, 0.15) is 18.2 Å². The summed E-state index contributed by atoms with van der Waals surface area (Å²) < 4.78 is 1.86. The molecule has 2 rings (SSSR count). The normalized spacial score (nSPS) is 12.9. The van der Waals surface area contributed by atoms with Crippen LogP contribution in [0.15, 0.2) is 16.5 Å². The van der Waals surface area contributed by atoms with E-state index >= 15 is 0 Å². The predicted molar refractivity (Wildman–Crippen MR) is 65.8 cm³/mol. The second kappa shape index (κ2) is 4.89. The summed E-state index contributed by atoms with van der Waals surface area (Å²) in [6.45, 7) is 4.00. The van der Waals surface area contributed by atoms with E-state index in [9.17, 15) is 0 Å². The fourth-order valence-electron chi connectivity index (χ4n) is 1.70. The van der Waals surface area contributed by atoms with Crippen LogP contribution in [-0.4, -0.2) is 31.0 Å². The smallest absolute Gasteiger partial charge is 0.189 e. The van der Waals surface area contributed by atoms with E-state index in [1.165, 1.54) is 23.7 Å². The van der Waals surface area contributed by atoms with E-state index in [0.29, 0.717) is 0 Å². The number of aromatic amines is 1. The molecule has 0 saturated carbocycles. The Bertz CT molecular complexity index is 487. The fraction of sp³-hybridized carbons (Fsp3) is 0.500. The molecular formula is C10H16N6S. The van der Waals surface area contributed by atoms with Crippen molar-refractivity contribution in [3.05, 3.63) is 17.6 Å². The molecule has 0 amide bonds. The molecule has 7 heteroatoms. The van der Waals surface area contributed by atoms with E-state index in [1.807, 2.05) is 25.6 Å². The maximum absolute atomic E-state index is 5.86. The summed E-state index contributed by atoms with van der Waals surface area (Å²) in [5, 5.41) is 12.9. The molecule has 0 fully saturated rings. The van der Waals surface area contributed by atoms with Gasteiger partial charge in [-0.25, -0.2) is 4.98 Å². The molecule has 0 aromatic carbocycles. The molecule has 0 radical (unpaired) electrons. The quantitative estimate of drug-likeness (QED) is 0.844. The Morgan fingerprint density at radius 3 is 2.94 bits per heavy atom. The van der Waals surface area contributed by atoms with Gasteiger partial charge in [0.25, 0.3) is 0 Å². The van der Waals surface area contributed by atoms with Gasteiger partial charge in [0.2, 0.25) is 0 Å². The maximum Gasteiger partial charge on any atom is 0.189 e. The molecule has 0 spiro atoms. The van der Waals surface area contributed by atoms with Crippen molar-refractivity contribution in [3.8, 4) is 0 Å². The third kappa shape index (κ3) is 2.67. The van der Waals surface area contributed by atoms with Gasteiger partial charge in [-0.3, -0.25) is 9.78 Å². The Morgan fingerprint density at radius 2 is 2.35 bits per heavy atom. The number of hydrogen-bond donors (Lipinski definition) is 2. The van der Waals surface area contributed by atoms with Crippen LogP contribution in [0.5, 0.6) is 0 Å². The van der Waals surface area contributed by atoms with Crippen LogP contribution in [0.4, 0.5) is 0 Å². The van der Waals surface area contributed by atoms with Gasteiger partial charge in [0.15, 0.2) is 5.16 Å². The molecule has 2 aromatic heterocycles. The Labute approximate surface area is 104 Å². The van der Waals surface area contributed by atoms with Gasteiger partial charge in [0.05, 0.1) is 5.69 Å². The van der Waals surface area contributed by atoms with Crippen LogP contribution < -0.4 is 5.73 Å². The lowest BCUT2D eigenvalue weighted by atomic mass is 10.1. The number of nitrogens with two attached hydrogens (primary N) is 1. The van der Waals surface area contributed by atoms with Crippen LogP contribution >= 0.6 is 11.8 Å². The highest BCUT2D eigenvalue weighted by molar-refractivity contribution is 7.99. The first-order valence-electron chi connectivity index (χ1n) is 5.39. The van der Waals surface area contributed by atoms with Crippen molar-refractivity contribution in [1.82, 2.24) is 25.0 Å². The molecule has 3 N–H and O–H groups in total. The zero-order chi connectivity index (χ0) is 12.4. The highest BCUT2D eigenvalue weighted by Gasteiger charge is 2.16. The van der Waals surface area contributed by atoms with Gasteiger partial charge >= 0.3 is 0 Å². The largest absolute Gasteiger partial charge is 0.328 e. The highest BCUT2D eigenvalue weighted by Crippen LogP contribution is 2.29. The molecule has 2 aromatic rings. The molecule has 0 aliphatic carbocycles. The number of aryl methyl sites for hydroxylation is 2. The number of rotatable bonds is 4. The third-order valence-electron chi connectivity index (χ3n) is 2.40. The van der Waals surface area contributed by atoms with Crippen LogP contribution in [0, 0.1) is 6.92 Å². The second-order valence-corrected chi connectivity index (χ2v) is 5.04. The molecule has 0 aliphatic heterocycles. The van der Waals surface area contributed by atoms with E-state index in [-0.39, 0.29) is 6.04 Å². The number of hydrogen-bond acceptors (Lipinski definition) is 5. The summed E-state index contributed by atoms with van der Waals surface area (Å²) in [6, 6.07) is 0.118. The third-order valence-corrected chi connectivity index (χ3v) is 3.50. The number of H-pyrrole nitrogens is 1. The molecule has 0 aliphatic rings. The van der Waals surface area contributed by atoms with Crippen molar-refractivity contribution in [1.29, 1.82) is 0 Å². The topological polar surface area (TPSA) is 85.4 Å². The number of aromatic nitrogens is 5. The predicted octanol–water partition coefficient (Wildman–Crippen LogP) is 0.888. The number of nitrogens with zero attached hydrogens (tertiary/aromatic N) is 4. The molecule has 1 unspecified atom stereocenters. The molecule has 17 heavy (non-hydrogen) atoms. The summed E-state index contributed by atoms with van der Waals surface area (Å²) in [4.78, 5) is 4.11. The minimum atomic E-state index is 0.118. The van der Waals surface area contributed by atoms with Crippen LogP contribution in [-0.2, 0) is 13.5 Å². The summed E-state index contributed by atoms with van der Waals surface area (Å²) in [6.07, 6.45) is 2.31. The van der Waals surface area contributed by atoms with E-state index < -0.39 is 0 Å². The zero-order valence-electron chi connectivity index (χ0n) is 10.1. The van der Waals surface area contributed by atoms with Gasteiger partial charge in [-0.1, -0.05) is 0 Å². The van der Waals surface area contributed by atoms with Crippen molar-refractivity contribution >= 4 is 11.8 Å². The Kier molecular flexibility index (Phi) is 3.49. The molecule has 1 atom stereocenters. The lowest BCUT2D eigenvalue weighted by Crippen LogP contribution is -2.18. The van der Waals surface area contributed by atoms with Crippen molar-refractivity contribution in [2.45, 2.75) is 36.5 Å². The lowest BCUT2D eigenvalue weighted by Gasteiger charge is -2.07. The second-order valence-electron chi connectivity index (χ2n) is 4.07. The van der Waals surface area contributed by atoms with Crippen LogP contribution in [0.25, 0.3) is 0 Å². The molecule has 0 bridgehead atoms. The zero-order valence-corrected chi connectivity index (χ0v) is 11.0. The maximum atomic E-state index is 5.86. The van der Waals surface area contributed by atoms with Crippen molar-refractivity contribution < 1.29 is 0 Å². The van der Waals surface area contributed by atoms with Gasteiger partial charge in [-0.05, 0) is 32.0 Å². The first-order valence-corrected chi connectivity index (χ1v) is 6.21. The van der Waals surface area contributed by atoms with Gasteiger partial charge in [0.1, 0.15) is 11.4 Å². The summed E-state index contributed by atoms with van der Waals surface area (Å²) in [7, 11) is 1.93. The average Bonchev–Trinajstić information content (AvgIpc) is 2.82. The monoisotopic (exact) mass is 252 g/mol. The summed E-state index contributed by atoms with van der Waals surface area (Å²) in [5.74, 6) is 0. The number of nitrogens with one attached hydrogen (secondary N) is 1. The molecule has 92 valence electrons. The van der Waals surface area contributed by atoms with Gasteiger partial charge < -0.3 is 5.73 Å². The Balaban J connectivity index is 2.31. The minimum Gasteiger partial charge on any atom is -0.328 e. The first-order chi connectivity index (χ1) is 8.08. The summed E-state index contributed by atoms with van der Waals surface area (Å²) >= 11 is 1.53. The molecule has 0 saturated heterocycles. The van der Waals surface area contributed by atoms with Gasteiger partial charge in [-0.15, -0.1) is 0 Å². The van der Waals surface area contributed by atoms with E-state index in [1.54, 1.807) is 0 Å². The minimum absolute atomic E-state index is 0.118. The van der Waals surface area contributed by atoms with Crippen LogP contribution in [0.3, 0.4) is 0 Å². The van der Waals surface area contributed by atoms with Crippen molar-refractivity contribution in [3.63, 3.8) is 0 Å². The van der Waals surface area contributed by atoms with E-state index in [4.69, 9.17) is 5.73 Å². The van der Waals surface area contributed by atoms with Crippen molar-refractivity contribution in [2.24, 2.45) is 12.8 Å². The van der Waals surface area contributed by atoms with Crippen molar-refractivity contribution in [2.75, 3.05) is 0 Å². The summed E-state index contributed by atoms with van der Waals surface area (Å²) in [5.41, 5.74) is 8.07. The SMILES string of the molecule is Cc1nn(C)c(Sc2ncn[nH]2)c1CC(C)N. The first kappa shape index (κ1) is 12.1. The molecule has 2 heterocycles. The van der Waals surface area contributed by atoms with E-state index in [0.717, 1.165) is 22.3 Å². The van der Waals surface area contributed by atoms with Crippen LogP contribution in [0.2, 0.25) is 0 Å². The highest BCUT2D eigenvalue weighted by atomic mass is 32.2. The Morgan fingerprint density at radius 1 is 1.59 bits per heavy atom. The van der Waals surface area contributed by atoms with Gasteiger partial charge in [0, 0.05) is 18.7 Å². The average molecular weight is 252 g/mol. The van der Waals surface area contributed by atoms with Gasteiger partial charge in [-0.2, -0.15) is 10.2 Å². The fourth-order valence-corrected chi connectivity index (χ4v) is 2.61. The molecular weight excluding hydrogens is 236 g/mol. The van der Waals surface area contributed by atoms with E-state index in [2.05, 4.69) is 20.3 Å². The lowest BCUT2D eigenvalue weighted by molar-refractivity contribution is 0.676. The standard InChI is InChI=1S/C10H16N6S/c1-6(11)4-8-7(2)15-16(3)9(8)17-10-12-5-13-14-10/h5-6H,4,11H2,1-3H3,(H,12,13,14).